The van der Waals surface area contributed by atoms with E-state index in [1.807, 2.05) is 0 Å². The van der Waals surface area contributed by atoms with Gasteiger partial charge in [0.05, 0.1) is 12.7 Å². The van der Waals surface area contributed by atoms with Crippen molar-refractivity contribution in [2.24, 2.45) is 5.92 Å². The SMILES string of the molecule is COc1cc(C(=O)C(C)C)ccc1OCc1cccc(C(F)(F)F)c1. The molecule has 0 saturated heterocycles. The summed E-state index contributed by atoms with van der Waals surface area (Å²) >= 11 is 0. The first-order chi connectivity index (χ1) is 11.7. The Bertz CT molecular complexity index is 752. The normalized spacial score (nSPS) is 11.5. The number of carbonyl (C=O) groups excluding carboxylic acids is 1. The van der Waals surface area contributed by atoms with Crippen LogP contribution in [0.25, 0.3) is 0 Å². The third kappa shape index (κ3) is 4.75. The Morgan fingerprint density at radius 1 is 1.08 bits per heavy atom. The van der Waals surface area contributed by atoms with Gasteiger partial charge in [-0.25, -0.2) is 0 Å². The molecule has 0 saturated carbocycles. The van der Waals surface area contributed by atoms with Crippen molar-refractivity contribution < 1.29 is 27.4 Å². The van der Waals surface area contributed by atoms with Crippen molar-refractivity contribution in [3.63, 3.8) is 0 Å². The van der Waals surface area contributed by atoms with Gasteiger partial charge < -0.3 is 9.47 Å². The van der Waals surface area contributed by atoms with Crippen LogP contribution in [-0.2, 0) is 12.8 Å². The number of hydrogen-bond acceptors (Lipinski definition) is 3. The second-order valence-electron chi connectivity index (χ2n) is 5.87. The molecule has 0 aliphatic carbocycles. The standard InChI is InChI=1S/C19H19F3O3/c1-12(2)18(23)14-7-8-16(17(10-14)24-3)25-11-13-5-4-6-15(9-13)19(20,21)22/h4-10,12H,11H2,1-3H3. The summed E-state index contributed by atoms with van der Waals surface area (Å²) in [5.74, 6) is 0.544. The van der Waals surface area contributed by atoms with E-state index < -0.39 is 11.7 Å². The predicted octanol–water partition coefficient (Wildman–Crippen LogP) is 5.13. The number of hydrogen-bond donors (Lipinski definition) is 0. The van der Waals surface area contributed by atoms with Crippen LogP contribution in [0.5, 0.6) is 11.5 Å². The number of halogens is 3. The third-order valence-corrected chi connectivity index (χ3v) is 3.62. The minimum atomic E-state index is -4.40. The number of carbonyl (C=O) groups is 1. The lowest BCUT2D eigenvalue weighted by Crippen LogP contribution is -2.08. The van der Waals surface area contributed by atoms with Crippen molar-refractivity contribution in [2.45, 2.75) is 26.6 Å². The van der Waals surface area contributed by atoms with Gasteiger partial charge in [-0.3, -0.25) is 4.79 Å². The minimum absolute atomic E-state index is 0.0253. The summed E-state index contributed by atoms with van der Waals surface area (Å²) in [6.07, 6.45) is -4.40. The Morgan fingerprint density at radius 2 is 1.80 bits per heavy atom. The lowest BCUT2D eigenvalue weighted by atomic mass is 10.0. The highest BCUT2D eigenvalue weighted by molar-refractivity contribution is 5.98. The molecule has 0 atom stereocenters. The molecule has 134 valence electrons. The molecule has 2 aromatic rings. The van der Waals surface area contributed by atoms with E-state index in [0.717, 1.165) is 12.1 Å². The van der Waals surface area contributed by atoms with Crippen LogP contribution in [0.3, 0.4) is 0 Å². The van der Waals surface area contributed by atoms with E-state index in [2.05, 4.69) is 0 Å². The molecule has 0 N–H and O–H groups in total. The lowest BCUT2D eigenvalue weighted by Gasteiger charge is -2.13. The molecule has 0 aromatic heterocycles. The molecule has 0 aliphatic rings. The van der Waals surface area contributed by atoms with E-state index in [-0.39, 0.29) is 18.3 Å². The minimum Gasteiger partial charge on any atom is -0.493 e. The van der Waals surface area contributed by atoms with Gasteiger partial charge in [-0.2, -0.15) is 13.2 Å². The fourth-order valence-electron chi connectivity index (χ4n) is 2.27. The van der Waals surface area contributed by atoms with Crippen LogP contribution in [0, 0.1) is 5.92 Å². The van der Waals surface area contributed by atoms with Crippen molar-refractivity contribution in [3.05, 3.63) is 59.2 Å². The Balaban J connectivity index is 2.17. The first-order valence-electron chi connectivity index (χ1n) is 7.73. The fraction of sp³-hybridized carbons (Fsp3) is 0.316. The highest BCUT2D eigenvalue weighted by atomic mass is 19.4. The molecule has 2 rings (SSSR count). The quantitative estimate of drug-likeness (QED) is 0.676. The lowest BCUT2D eigenvalue weighted by molar-refractivity contribution is -0.137. The zero-order chi connectivity index (χ0) is 18.6. The molecule has 0 radical (unpaired) electrons. The number of Topliss-reactive ketones (excluding diaryl/α,β-unsaturated/α-hetero) is 1. The van der Waals surface area contributed by atoms with Crippen molar-refractivity contribution >= 4 is 5.78 Å². The molecular weight excluding hydrogens is 333 g/mol. The van der Waals surface area contributed by atoms with Crippen LogP contribution >= 0.6 is 0 Å². The van der Waals surface area contributed by atoms with Crippen LogP contribution in [0.4, 0.5) is 13.2 Å². The van der Waals surface area contributed by atoms with E-state index in [1.54, 1.807) is 38.1 Å². The number of rotatable bonds is 6. The van der Waals surface area contributed by atoms with Gasteiger partial charge in [-0.1, -0.05) is 26.0 Å². The van der Waals surface area contributed by atoms with Crippen LogP contribution in [0.1, 0.15) is 35.3 Å². The van der Waals surface area contributed by atoms with Crippen LogP contribution < -0.4 is 9.47 Å². The van der Waals surface area contributed by atoms with Gasteiger partial charge in [0.25, 0.3) is 0 Å². The molecule has 3 nitrogen and oxygen atoms in total. The molecule has 0 spiro atoms. The number of alkyl halides is 3. The molecule has 6 heteroatoms. The number of ether oxygens (including phenoxy) is 2. The second kappa shape index (κ2) is 7.59. The monoisotopic (exact) mass is 352 g/mol. The van der Waals surface area contributed by atoms with Crippen LogP contribution in [-0.4, -0.2) is 12.9 Å². The van der Waals surface area contributed by atoms with Gasteiger partial charge >= 0.3 is 6.18 Å². The van der Waals surface area contributed by atoms with Gasteiger partial charge in [0, 0.05) is 11.5 Å². The highest BCUT2D eigenvalue weighted by Gasteiger charge is 2.30. The van der Waals surface area contributed by atoms with Crippen LogP contribution in [0.15, 0.2) is 42.5 Å². The fourth-order valence-corrected chi connectivity index (χ4v) is 2.27. The van der Waals surface area contributed by atoms with Gasteiger partial charge in [0.2, 0.25) is 0 Å². The van der Waals surface area contributed by atoms with Crippen molar-refractivity contribution in [2.75, 3.05) is 7.11 Å². The summed E-state index contributed by atoms with van der Waals surface area (Å²) in [4.78, 5) is 12.0. The zero-order valence-electron chi connectivity index (χ0n) is 14.2. The first-order valence-corrected chi connectivity index (χ1v) is 7.73. The van der Waals surface area contributed by atoms with Gasteiger partial charge in [-0.15, -0.1) is 0 Å². The molecular formula is C19H19F3O3. The first kappa shape index (κ1) is 18.8. The summed E-state index contributed by atoms with van der Waals surface area (Å²) in [5, 5.41) is 0. The van der Waals surface area contributed by atoms with Gasteiger partial charge in [0.1, 0.15) is 6.61 Å². The molecule has 0 bridgehead atoms. The number of ketones is 1. The Hall–Kier alpha value is -2.50. The van der Waals surface area contributed by atoms with Crippen molar-refractivity contribution in [1.82, 2.24) is 0 Å². The number of benzene rings is 2. The summed E-state index contributed by atoms with van der Waals surface area (Å²) in [6, 6.07) is 9.72. The molecule has 25 heavy (non-hydrogen) atoms. The molecule has 0 aliphatic heterocycles. The second-order valence-corrected chi connectivity index (χ2v) is 5.87. The van der Waals surface area contributed by atoms with E-state index >= 15 is 0 Å². The Labute approximate surface area is 144 Å². The molecule has 0 unspecified atom stereocenters. The highest BCUT2D eigenvalue weighted by Crippen LogP contribution is 2.32. The molecule has 0 heterocycles. The maximum absolute atomic E-state index is 12.7. The average Bonchev–Trinajstić information content (AvgIpc) is 2.58. The predicted molar refractivity (Wildman–Crippen MR) is 87.9 cm³/mol. The van der Waals surface area contributed by atoms with E-state index in [4.69, 9.17) is 9.47 Å². The Kier molecular flexibility index (Phi) is 5.72. The molecule has 2 aromatic carbocycles. The van der Waals surface area contributed by atoms with Crippen molar-refractivity contribution in [1.29, 1.82) is 0 Å². The number of methoxy groups -OCH3 is 1. The summed E-state index contributed by atoms with van der Waals surface area (Å²) in [7, 11) is 1.44. The van der Waals surface area contributed by atoms with E-state index in [0.29, 0.717) is 22.6 Å². The zero-order valence-corrected chi connectivity index (χ0v) is 14.2. The summed E-state index contributed by atoms with van der Waals surface area (Å²) in [5.41, 5.74) is 0.163. The smallest absolute Gasteiger partial charge is 0.416 e. The molecule has 0 amide bonds. The Morgan fingerprint density at radius 3 is 2.40 bits per heavy atom. The van der Waals surface area contributed by atoms with Crippen LogP contribution in [0.2, 0.25) is 0 Å². The maximum Gasteiger partial charge on any atom is 0.416 e. The maximum atomic E-state index is 12.7. The van der Waals surface area contributed by atoms with E-state index in [1.165, 1.54) is 13.2 Å². The van der Waals surface area contributed by atoms with Gasteiger partial charge in [0.15, 0.2) is 17.3 Å². The summed E-state index contributed by atoms with van der Waals surface area (Å²) in [6.45, 7) is 3.55. The summed E-state index contributed by atoms with van der Waals surface area (Å²) < 4.78 is 49.0. The average molecular weight is 352 g/mol. The third-order valence-electron chi connectivity index (χ3n) is 3.62. The van der Waals surface area contributed by atoms with Gasteiger partial charge in [-0.05, 0) is 35.9 Å². The topological polar surface area (TPSA) is 35.5 Å². The van der Waals surface area contributed by atoms with Crippen molar-refractivity contribution in [3.8, 4) is 11.5 Å². The largest absolute Gasteiger partial charge is 0.493 e. The van der Waals surface area contributed by atoms with E-state index in [9.17, 15) is 18.0 Å². The molecule has 0 fully saturated rings.